The van der Waals surface area contributed by atoms with E-state index in [0.29, 0.717) is 35.5 Å². The Balaban J connectivity index is 0.00000417. The number of benzene rings is 2. The quantitative estimate of drug-likeness (QED) is 0.275. The average molecular weight is 838 g/mol. The van der Waals surface area contributed by atoms with Crippen molar-refractivity contribution >= 4 is 12.0 Å². The van der Waals surface area contributed by atoms with E-state index in [1.165, 1.54) is 12.3 Å². The second-order valence-electron chi connectivity index (χ2n) is 11.8. The maximum Gasteiger partial charge on any atom is 0.244 e. The van der Waals surface area contributed by atoms with Gasteiger partial charge in [0.25, 0.3) is 0 Å². The van der Waals surface area contributed by atoms with Gasteiger partial charge in [-0.15, -0.1) is 0 Å². The number of hydrogen-bond acceptors (Lipinski definition) is 9. The molecule has 237 valence electrons. The molecule has 46 heavy (non-hydrogen) atoms. The average Bonchev–Trinajstić information content (AvgIpc) is 3.58. The first-order valence-electron chi connectivity index (χ1n) is 15.1. The van der Waals surface area contributed by atoms with Crippen LogP contribution in [0.1, 0.15) is 41.6 Å². The molecule has 10 nitrogen and oxygen atoms in total. The second kappa shape index (κ2) is 14.2. The number of hydrogen-bond donors (Lipinski definition) is 3. The third-order valence-electron chi connectivity index (χ3n) is 9.47. The Morgan fingerprint density at radius 1 is 1.24 bits per heavy atom. The number of amides is 1. The molecule has 4 heterocycles. The van der Waals surface area contributed by atoms with Gasteiger partial charge in [-0.05, 0) is 62.6 Å². The summed E-state index contributed by atoms with van der Waals surface area (Å²) < 4.78 is 16.9. The van der Waals surface area contributed by atoms with Gasteiger partial charge in [0.1, 0.15) is 18.1 Å². The van der Waals surface area contributed by atoms with Gasteiger partial charge in [0, 0.05) is 85.5 Å². The minimum atomic E-state index is -0.567. The zero-order valence-corrected chi connectivity index (χ0v) is 31.2. The smallest absolute Gasteiger partial charge is 0.244 e. The summed E-state index contributed by atoms with van der Waals surface area (Å²) in [6.07, 6.45) is 7.30. The van der Waals surface area contributed by atoms with Gasteiger partial charge in [0.15, 0.2) is 17.3 Å². The Morgan fingerprint density at radius 2 is 2.00 bits per heavy atom. The molecule has 1 radical (unpaired) electrons. The first-order valence-corrected chi connectivity index (χ1v) is 15.1. The number of nitrogens with one attached hydrogen (secondary N) is 1. The predicted molar refractivity (Wildman–Crippen MR) is 168 cm³/mol. The summed E-state index contributed by atoms with van der Waals surface area (Å²) in [6, 6.07) is 12.2. The number of aliphatic hydroxyl groups excluding tert-OH is 1. The minimum absolute atomic E-state index is 0. The fourth-order valence-electron chi connectivity index (χ4n) is 7.54. The second-order valence-corrected chi connectivity index (χ2v) is 11.8. The van der Waals surface area contributed by atoms with Crippen molar-refractivity contribution in [3.8, 4) is 17.6 Å². The SMILES string of the molecule is C/C=C(\O)C1=C(C2=COCO2)[C@H](CNC(=O)/C=C/c2ccccc2)N2C(C1)[C@H]1c3c(cc(C)c(OC)c3O)C[C@@H]([C@@H]2C#N)N1C.[Ac]. The van der Waals surface area contributed by atoms with Gasteiger partial charge in [-0.25, -0.2) is 0 Å². The molecule has 1 fully saturated rings. The van der Waals surface area contributed by atoms with Crippen molar-refractivity contribution in [2.24, 2.45) is 0 Å². The van der Waals surface area contributed by atoms with Crippen LogP contribution in [0.2, 0.25) is 0 Å². The number of allylic oxidation sites excluding steroid dienone is 2. The topological polar surface area (TPSA) is 128 Å². The van der Waals surface area contributed by atoms with E-state index in [1.807, 2.05) is 50.4 Å². The Bertz CT molecular complexity index is 1660. The number of carbonyl (C=O) groups is 1. The zero-order chi connectivity index (χ0) is 31.8. The number of piperazine rings is 1. The summed E-state index contributed by atoms with van der Waals surface area (Å²) in [7, 11) is 3.53. The maximum absolute atomic E-state index is 13.1. The Labute approximate surface area is 305 Å². The van der Waals surface area contributed by atoms with E-state index in [1.54, 1.807) is 26.2 Å². The van der Waals surface area contributed by atoms with E-state index in [9.17, 15) is 20.3 Å². The number of phenols is 1. The number of aryl methyl sites for hydroxylation is 1. The van der Waals surface area contributed by atoms with Crippen LogP contribution in [0.4, 0.5) is 0 Å². The van der Waals surface area contributed by atoms with Crippen LogP contribution in [0.3, 0.4) is 0 Å². The van der Waals surface area contributed by atoms with Crippen molar-refractivity contribution in [1.82, 2.24) is 15.1 Å². The summed E-state index contributed by atoms with van der Waals surface area (Å²) in [5.41, 5.74) is 4.78. The molecular weight excluding hydrogens is 799 g/mol. The van der Waals surface area contributed by atoms with E-state index in [4.69, 9.17) is 14.2 Å². The standard InChI is InChI=1S/C35H38N4O6.Ac/c1-5-28(40)23-15-25-33-31-22(13-20(2)35(43-4)34(31)42)14-24(38(33)3)26(16-36)39(25)27(32(23)29-18-44-19-45-29)17-37-30(41)12-11-21-9-7-6-8-10-21;/h5-13,18,24-27,33,40,42H,14-15,17,19H2,1-4H3,(H,37,41);/b12-11+,28-5-;/t24-,25?,26-,27-,33-;/m0./s1. The van der Waals surface area contributed by atoms with Gasteiger partial charge in [-0.2, -0.15) is 5.26 Å². The molecule has 6 rings (SSSR count). The first-order chi connectivity index (χ1) is 21.8. The third kappa shape index (κ3) is 5.97. The summed E-state index contributed by atoms with van der Waals surface area (Å²) >= 11 is 0. The first kappa shape index (κ1) is 34.1. The fraction of sp³-hybridized carbons (Fsp3) is 0.371. The molecule has 2 aromatic carbocycles. The van der Waals surface area contributed by atoms with Crippen LogP contribution < -0.4 is 10.1 Å². The molecule has 0 spiro atoms. The predicted octanol–water partition coefficient (Wildman–Crippen LogP) is 4.39. The molecule has 5 atom stereocenters. The number of aliphatic hydroxyl groups is 1. The molecule has 0 aromatic heterocycles. The number of fused-ring (bicyclic) bond motifs is 6. The number of ether oxygens (including phenoxy) is 3. The van der Waals surface area contributed by atoms with Gasteiger partial charge >= 0.3 is 0 Å². The van der Waals surface area contributed by atoms with Crippen molar-refractivity contribution in [1.29, 1.82) is 5.26 Å². The zero-order valence-electron chi connectivity index (χ0n) is 26.4. The van der Waals surface area contributed by atoms with Crippen LogP contribution in [0.5, 0.6) is 11.5 Å². The number of aromatic hydroxyl groups is 1. The summed E-state index contributed by atoms with van der Waals surface area (Å²) in [5, 5.41) is 36.7. The molecule has 0 saturated carbocycles. The van der Waals surface area contributed by atoms with Crippen LogP contribution in [-0.2, 0) is 20.7 Å². The largest absolute Gasteiger partial charge is 0.508 e. The van der Waals surface area contributed by atoms with Crippen molar-refractivity contribution in [3.05, 3.63) is 99.7 Å². The maximum atomic E-state index is 13.1. The summed E-state index contributed by atoms with van der Waals surface area (Å²) in [6.45, 7) is 3.83. The number of nitrogens with zero attached hydrogens (tertiary/aromatic N) is 3. The molecule has 11 heteroatoms. The molecule has 4 aliphatic heterocycles. The summed E-state index contributed by atoms with van der Waals surface area (Å²) in [5.74, 6) is 0.768. The normalized spacial score (nSPS) is 25.8. The number of likely N-dealkylation sites (N-methyl/N-ethyl adjacent to an activating group) is 1. The molecule has 1 saturated heterocycles. The molecule has 1 amide bonds. The van der Waals surface area contributed by atoms with Gasteiger partial charge < -0.3 is 29.7 Å². The number of methoxy groups -OCH3 is 1. The van der Waals surface area contributed by atoms with Crippen molar-refractivity contribution in [2.45, 2.75) is 56.9 Å². The van der Waals surface area contributed by atoms with Gasteiger partial charge in [0.05, 0.1) is 25.3 Å². The van der Waals surface area contributed by atoms with E-state index in [2.05, 4.69) is 21.2 Å². The van der Waals surface area contributed by atoms with Gasteiger partial charge in [-0.3, -0.25) is 14.6 Å². The van der Waals surface area contributed by atoms with Crippen LogP contribution in [-0.4, -0.2) is 77.6 Å². The molecule has 2 aromatic rings. The van der Waals surface area contributed by atoms with Crippen molar-refractivity contribution < 1.29 is 73.3 Å². The van der Waals surface area contributed by atoms with E-state index in [0.717, 1.165) is 22.3 Å². The monoisotopic (exact) mass is 837 g/mol. The van der Waals surface area contributed by atoms with Crippen LogP contribution >= 0.6 is 0 Å². The molecule has 3 N–H and O–H groups in total. The summed E-state index contributed by atoms with van der Waals surface area (Å²) in [4.78, 5) is 17.5. The Kier molecular flexibility index (Phi) is 10.5. The molecule has 4 aliphatic rings. The number of nitriles is 1. The van der Waals surface area contributed by atoms with Gasteiger partial charge in [-0.1, -0.05) is 36.4 Å². The van der Waals surface area contributed by atoms with Crippen LogP contribution in [0, 0.1) is 62.3 Å². The molecule has 0 aliphatic carbocycles. The Morgan fingerprint density at radius 3 is 2.65 bits per heavy atom. The van der Waals surface area contributed by atoms with E-state index >= 15 is 0 Å². The fourth-order valence-corrected chi connectivity index (χ4v) is 7.54. The van der Waals surface area contributed by atoms with E-state index < -0.39 is 12.1 Å². The Hall–Kier alpha value is -3.28. The molecule has 1 unspecified atom stereocenters. The van der Waals surface area contributed by atoms with Crippen molar-refractivity contribution in [3.63, 3.8) is 0 Å². The van der Waals surface area contributed by atoms with E-state index in [-0.39, 0.29) is 92.9 Å². The third-order valence-corrected chi connectivity index (χ3v) is 9.47. The molecular formula is C35H38AcN4O6. The number of rotatable bonds is 7. The van der Waals surface area contributed by atoms with Crippen LogP contribution in [0.15, 0.2) is 77.5 Å². The minimum Gasteiger partial charge on any atom is -0.508 e. The number of carbonyl (C=O) groups excluding carboxylic acids is 1. The molecule has 2 bridgehead atoms. The van der Waals surface area contributed by atoms with Crippen LogP contribution in [0.25, 0.3) is 6.08 Å². The van der Waals surface area contributed by atoms with Gasteiger partial charge in [0.2, 0.25) is 12.7 Å². The van der Waals surface area contributed by atoms with Crippen molar-refractivity contribution in [2.75, 3.05) is 27.5 Å². The number of phenolic OH excluding ortho intramolecular Hbond substituents is 1.